The summed E-state index contributed by atoms with van der Waals surface area (Å²) in [6.07, 6.45) is 2.87. The van der Waals surface area contributed by atoms with Gasteiger partial charge in [0.25, 0.3) is 0 Å². The number of hydrogen-bond acceptors (Lipinski definition) is 2. The summed E-state index contributed by atoms with van der Waals surface area (Å²) in [5.41, 5.74) is 2.42. The van der Waals surface area contributed by atoms with Crippen molar-refractivity contribution < 1.29 is 9.90 Å². The number of rotatable bonds is 2. The molecular weight excluding hydrogens is 166 g/mol. The van der Waals surface area contributed by atoms with Gasteiger partial charge < -0.3 is 5.11 Å². The van der Waals surface area contributed by atoms with Crippen molar-refractivity contribution in [2.24, 2.45) is 0 Å². The molecule has 0 aliphatic carbocycles. The van der Waals surface area contributed by atoms with E-state index in [0.717, 1.165) is 11.6 Å². The summed E-state index contributed by atoms with van der Waals surface area (Å²) in [4.78, 5) is 14.4. The van der Waals surface area contributed by atoms with E-state index in [9.17, 15) is 4.79 Å². The van der Waals surface area contributed by atoms with Gasteiger partial charge in [0.1, 0.15) is 0 Å². The highest BCUT2D eigenvalue weighted by molar-refractivity contribution is 5.88. The van der Waals surface area contributed by atoms with E-state index in [0.29, 0.717) is 11.3 Å². The monoisotopic (exact) mass is 177 g/mol. The van der Waals surface area contributed by atoms with Crippen LogP contribution in [0.25, 0.3) is 5.57 Å². The van der Waals surface area contributed by atoms with Crippen LogP contribution in [0.3, 0.4) is 0 Å². The second kappa shape index (κ2) is 3.85. The topological polar surface area (TPSA) is 50.2 Å². The number of pyridine rings is 1. The van der Waals surface area contributed by atoms with E-state index in [1.807, 2.05) is 19.1 Å². The highest BCUT2D eigenvalue weighted by atomic mass is 16.4. The lowest BCUT2D eigenvalue weighted by atomic mass is 10.1. The Morgan fingerprint density at radius 1 is 1.54 bits per heavy atom. The van der Waals surface area contributed by atoms with Crippen LogP contribution >= 0.6 is 0 Å². The quantitative estimate of drug-likeness (QED) is 0.701. The molecule has 0 saturated heterocycles. The maximum absolute atomic E-state index is 10.3. The molecule has 0 spiro atoms. The van der Waals surface area contributed by atoms with Crippen LogP contribution in [-0.4, -0.2) is 16.1 Å². The first-order valence-electron chi connectivity index (χ1n) is 3.94. The Morgan fingerprint density at radius 2 is 2.23 bits per heavy atom. The second-order valence-corrected chi connectivity index (χ2v) is 2.89. The highest BCUT2D eigenvalue weighted by Crippen LogP contribution is 2.10. The standard InChI is InChI=1S/C10H11NO2/c1-7-3-4-9(11-6-7)8(2)5-10(12)13/h3-6H,1-2H3,(H,12,13)/b8-5+. The third-order valence-electron chi connectivity index (χ3n) is 1.66. The molecule has 13 heavy (non-hydrogen) atoms. The Morgan fingerprint density at radius 3 is 2.69 bits per heavy atom. The third kappa shape index (κ3) is 2.71. The molecule has 68 valence electrons. The molecule has 1 aromatic rings. The Hall–Kier alpha value is -1.64. The van der Waals surface area contributed by atoms with Gasteiger partial charge in [-0.1, -0.05) is 6.07 Å². The number of carboxylic acid groups (broad SMARTS) is 1. The zero-order chi connectivity index (χ0) is 9.84. The summed E-state index contributed by atoms with van der Waals surface area (Å²) in [5, 5.41) is 8.50. The van der Waals surface area contributed by atoms with Crippen molar-refractivity contribution in [3.8, 4) is 0 Å². The minimum atomic E-state index is -0.945. The summed E-state index contributed by atoms with van der Waals surface area (Å²) in [6, 6.07) is 3.71. The lowest BCUT2D eigenvalue weighted by molar-refractivity contribution is -0.131. The minimum absolute atomic E-state index is 0.660. The summed E-state index contributed by atoms with van der Waals surface area (Å²) in [6.45, 7) is 3.67. The van der Waals surface area contributed by atoms with E-state index in [1.165, 1.54) is 0 Å². The number of aromatic nitrogens is 1. The van der Waals surface area contributed by atoms with Crippen molar-refractivity contribution in [3.05, 3.63) is 35.7 Å². The van der Waals surface area contributed by atoms with Crippen LogP contribution in [-0.2, 0) is 4.79 Å². The second-order valence-electron chi connectivity index (χ2n) is 2.89. The van der Waals surface area contributed by atoms with E-state index >= 15 is 0 Å². The molecule has 3 heteroatoms. The van der Waals surface area contributed by atoms with E-state index < -0.39 is 5.97 Å². The zero-order valence-corrected chi connectivity index (χ0v) is 7.61. The van der Waals surface area contributed by atoms with Crippen molar-refractivity contribution in [2.75, 3.05) is 0 Å². The molecule has 0 saturated carbocycles. The van der Waals surface area contributed by atoms with Crippen molar-refractivity contribution in [3.63, 3.8) is 0 Å². The first-order valence-corrected chi connectivity index (χ1v) is 3.94. The van der Waals surface area contributed by atoms with Crippen LogP contribution in [0.1, 0.15) is 18.2 Å². The summed E-state index contributed by atoms with van der Waals surface area (Å²) in [5.74, 6) is -0.945. The molecule has 0 aliphatic heterocycles. The molecule has 0 amide bonds. The van der Waals surface area contributed by atoms with Crippen molar-refractivity contribution in [1.29, 1.82) is 0 Å². The number of nitrogens with zero attached hydrogens (tertiary/aromatic N) is 1. The Balaban J connectivity index is 2.96. The maximum atomic E-state index is 10.3. The Labute approximate surface area is 76.7 Å². The van der Waals surface area contributed by atoms with Crippen molar-refractivity contribution in [1.82, 2.24) is 4.98 Å². The zero-order valence-electron chi connectivity index (χ0n) is 7.61. The molecule has 0 atom stereocenters. The van der Waals surface area contributed by atoms with Crippen LogP contribution in [0.15, 0.2) is 24.4 Å². The fourth-order valence-corrected chi connectivity index (χ4v) is 0.960. The van der Waals surface area contributed by atoms with Gasteiger partial charge in [0.05, 0.1) is 5.69 Å². The van der Waals surface area contributed by atoms with E-state index in [-0.39, 0.29) is 0 Å². The molecule has 0 unspecified atom stereocenters. The fourth-order valence-electron chi connectivity index (χ4n) is 0.960. The van der Waals surface area contributed by atoms with Crippen molar-refractivity contribution >= 4 is 11.5 Å². The normalized spacial score (nSPS) is 11.4. The van der Waals surface area contributed by atoms with Crippen LogP contribution in [0.5, 0.6) is 0 Å². The number of carbonyl (C=O) groups is 1. The molecule has 0 radical (unpaired) electrons. The lowest BCUT2D eigenvalue weighted by Gasteiger charge is -1.99. The van der Waals surface area contributed by atoms with Gasteiger partial charge in [-0.25, -0.2) is 4.79 Å². The van der Waals surface area contributed by atoms with E-state index in [4.69, 9.17) is 5.11 Å². The van der Waals surface area contributed by atoms with Crippen molar-refractivity contribution in [2.45, 2.75) is 13.8 Å². The average Bonchev–Trinajstić information content (AvgIpc) is 2.04. The number of hydrogen-bond donors (Lipinski definition) is 1. The molecule has 1 heterocycles. The highest BCUT2D eigenvalue weighted by Gasteiger charge is 1.98. The smallest absolute Gasteiger partial charge is 0.328 e. The van der Waals surface area contributed by atoms with Gasteiger partial charge in [0.2, 0.25) is 0 Å². The molecule has 1 aromatic heterocycles. The molecule has 0 bridgehead atoms. The average molecular weight is 177 g/mol. The molecule has 1 rings (SSSR count). The van der Waals surface area contributed by atoms with Gasteiger partial charge in [-0.05, 0) is 31.1 Å². The largest absolute Gasteiger partial charge is 0.478 e. The van der Waals surface area contributed by atoms with E-state index in [2.05, 4.69) is 4.98 Å². The first kappa shape index (κ1) is 9.45. The molecular formula is C10H11NO2. The molecule has 3 nitrogen and oxygen atoms in total. The molecule has 0 aromatic carbocycles. The number of carboxylic acids is 1. The molecule has 1 N–H and O–H groups in total. The Bertz CT molecular complexity index is 338. The van der Waals surface area contributed by atoms with Gasteiger partial charge in [-0.3, -0.25) is 4.98 Å². The van der Waals surface area contributed by atoms with Crippen LogP contribution in [0.4, 0.5) is 0 Å². The van der Waals surface area contributed by atoms with Crippen LogP contribution < -0.4 is 0 Å². The lowest BCUT2D eigenvalue weighted by Crippen LogP contribution is -1.92. The number of aliphatic carboxylic acids is 1. The number of allylic oxidation sites excluding steroid dienone is 1. The minimum Gasteiger partial charge on any atom is -0.478 e. The molecule has 0 aliphatic rings. The fraction of sp³-hybridized carbons (Fsp3) is 0.200. The Kier molecular flexibility index (Phi) is 2.80. The SMILES string of the molecule is C/C(=C\C(=O)O)c1ccc(C)cn1. The number of aryl methyl sites for hydroxylation is 1. The van der Waals surface area contributed by atoms with Gasteiger partial charge >= 0.3 is 5.97 Å². The van der Waals surface area contributed by atoms with Crippen LogP contribution in [0, 0.1) is 6.92 Å². The van der Waals surface area contributed by atoms with E-state index in [1.54, 1.807) is 13.1 Å². The summed E-state index contributed by atoms with van der Waals surface area (Å²) < 4.78 is 0. The molecule has 0 fully saturated rings. The maximum Gasteiger partial charge on any atom is 0.328 e. The summed E-state index contributed by atoms with van der Waals surface area (Å²) >= 11 is 0. The summed E-state index contributed by atoms with van der Waals surface area (Å²) in [7, 11) is 0. The first-order chi connectivity index (χ1) is 6.09. The van der Waals surface area contributed by atoms with Gasteiger partial charge in [-0.2, -0.15) is 0 Å². The predicted octanol–water partition coefficient (Wildman–Crippen LogP) is 1.88. The van der Waals surface area contributed by atoms with Crippen LogP contribution in [0.2, 0.25) is 0 Å². The van der Waals surface area contributed by atoms with Gasteiger partial charge in [0, 0.05) is 12.3 Å². The van der Waals surface area contributed by atoms with Gasteiger partial charge in [0.15, 0.2) is 0 Å². The van der Waals surface area contributed by atoms with Gasteiger partial charge in [-0.15, -0.1) is 0 Å². The predicted molar refractivity (Wildman–Crippen MR) is 50.3 cm³/mol. The third-order valence-corrected chi connectivity index (χ3v) is 1.66.